The van der Waals surface area contributed by atoms with Crippen molar-refractivity contribution in [1.29, 1.82) is 0 Å². The Kier molecular flexibility index (Phi) is 7.42. The minimum absolute atomic E-state index is 0.341. The summed E-state index contributed by atoms with van der Waals surface area (Å²) in [6.45, 7) is 4.82. The molecule has 0 saturated heterocycles. The smallest absolute Gasteiger partial charge is 0.0650 e. The van der Waals surface area contributed by atoms with Gasteiger partial charge in [0.15, 0.2) is 0 Å². The summed E-state index contributed by atoms with van der Waals surface area (Å²) in [6.07, 6.45) is 5.61. The maximum atomic E-state index is 5.29. The van der Waals surface area contributed by atoms with Gasteiger partial charge in [-0.3, -0.25) is 0 Å². The van der Waals surface area contributed by atoms with Crippen LogP contribution in [-0.4, -0.2) is 18.0 Å². The van der Waals surface area contributed by atoms with Crippen molar-refractivity contribution in [2.24, 2.45) is 0 Å². The zero-order valence-electron chi connectivity index (χ0n) is 6.64. The van der Waals surface area contributed by atoms with Crippen molar-refractivity contribution in [2.45, 2.75) is 26.4 Å². The summed E-state index contributed by atoms with van der Waals surface area (Å²) in [4.78, 5) is 0. The Morgan fingerprint density at radius 3 is 2.60 bits per heavy atom. The Bertz CT molecular complexity index is 89.3. The summed E-state index contributed by atoms with van der Waals surface area (Å²) in [7, 11) is 0. The second-order valence-electron chi connectivity index (χ2n) is 2.33. The first-order chi connectivity index (χ1) is 4.77. The number of halogens is 1. The van der Waals surface area contributed by atoms with Crippen molar-refractivity contribution < 1.29 is 4.74 Å². The van der Waals surface area contributed by atoms with Crippen LogP contribution in [0.4, 0.5) is 0 Å². The van der Waals surface area contributed by atoms with Gasteiger partial charge < -0.3 is 4.74 Å². The summed E-state index contributed by atoms with van der Waals surface area (Å²) < 4.78 is 5.29. The van der Waals surface area contributed by atoms with Crippen molar-refractivity contribution in [2.75, 3.05) is 11.9 Å². The van der Waals surface area contributed by atoms with Crippen LogP contribution in [0.5, 0.6) is 0 Å². The molecule has 0 heterocycles. The fourth-order valence-corrected chi connectivity index (χ4v) is 0.761. The van der Waals surface area contributed by atoms with Crippen LogP contribution in [-0.2, 0) is 4.74 Å². The van der Waals surface area contributed by atoms with Crippen LogP contribution >= 0.6 is 15.9 Å². The molecular weight excluding hydrogens is 192 g/mol. The highest BCUT2D eigenvalue weighted by Gasteiger charge is 1.86. The summed E-state index contributed by atoms with van der Waals surface area (Å²) in [6, 6.07) is 0. The maximum Gasteiger partial charge on any atom is 0.0650 e. The minimum atomic E-state index is 0.341. The van der Waals surface area contributed by atoms with Crippen LogP contribution in [0.3, 0.4) is 0 Å². The van der Waals surface area contributed by atoms with Crippen LogP contribution in [0.15, 0.2) is 12.2 Å². The molecule has 0 atom stereocenters. The average molecular weight is 207 g/mol. The molecule has 0 aromatic heterocycles. The lowest BCUT2D eigenvalue weighted by Crippen LogP contribution is -2.01. The van der Waals surface area contributed by atoms with Gasteiger partial charge in [-0.05, 0) is 20.3 Å². The lowest BCUT2D eigenvalue weighted by Gasteiger charge is -2.02. The van der Waals surface area contributed by atoms with Gasteiger partial charge in [0.05, 0.1) is 12.7 Å². The monoisotopic (exact) mass is 206 g/mol. The van der Waals surface area contributed by atoms with Gasteiger partial charge in [-0.1, -0.05) is 28.1 Å². The standard InChI is InChI=1S/C8H15BrO/c1-8(2)10-7-5-3-4-6-9/h3,5,8H,4,6-7H2,1-2H3. The molecule has 0 bridgehead atoms. The van der Waals surface area contributed by atoms with Gasteiger partial charge in [0.1, 0.15) is 0 Å². The predicted octanol–water partition coefficient (Wildman–Crippen LogP) is 2.75. The van der Waals surface area contributed by atoms with Crippen LogP contribution in [0.2, 0.25) is 0 Å². The molecule has 0 aromatic carbocycles. The summed E-state index contributed by atoms with van der Waals surface area (Å²) >= 11 is 3.34. The fraction of sp³-hybridized carbons (Fsp3) is 0.750. The first-order valence-electron chi connectivity index (χ1n) is 3.60. The minimum Gasteiger partial charge on any atom is -0.375 e. The lowest BCUT2D eigenvalue weighted by molar-refractivity contribution is 0.102. The van der Waals surface area contributed by atoms with Crippen molar-refractivity contribution in [1.82, 2.24) is 0 Å². The van der Waals surface area contributed by atoms with Crippen molar-refractivity contribution >= 4 is 15.9 Å². The molecule has 0 rings (SSSR count). The molecule has 0 fully saturated rings. The fourth-order valence-electron chi connectivity index (χ4n) is 0.497. The summed E-state index contributed by atoms with van der Waals surface area (Å²) in [5, 5.41) is 1.03. The molecule has 0 aromatic rings. The molecule has 0 N–H and O–H groups in total. The van der Waals surface area contributed by atoms with E-state index in [1.165, 1.54) is 0 Å². The second-order valence-corrected chi connectivity index (χ2v) is 3.12. The zero-order valence-corrected chi connectivity index (χ0v) is 8.23. The largest absolute Gasteiger partial charge is 0.375 e. The van der Waals surface area contributed by atoms with E-state index in [-0.39, 0.29) is 0 Å². The van der Waals surface area contributed by atoms with E-state index in [0.717, 1.165) is 18.4 Å². The maximum absolute atomic E-state index is 5.29. The zero-order chi connectivity index (χ0) is 7.82. The Morgan fingerprint density at radius 2 is 2.10 bits per heavy atom. The van der Waals surface area contributed by atoms with E-state index < -0.39 is 0 Å². The van der Waals surface area contributed by atoms with E-state index in [1.807, 2.05) is 13.8 Å². The topological polar surface area (TPSA) is 9.23 Å². The van der Waals surface area contributed by atoms with Gasteiger partial charge in [0, 0.05) is 5.33 Å². The van der Waals surface area contributed by atoms with Gasteiger partial charge in [0.2, 0.25) is 0 Å². The predicted molar refractivity (Wildman–Crippen MR) is 48.6 cm³/mol. The average Bonchev–Trinajstić information content (AvgIpc) is 1.87. The molecule has 0 aliphatic heterocycles. The first kappa shape index (κ1) is 10.2. The van der Waals surface area contributed by atoms with Crippen molar-refractivity contribution in [3.8, 4) is 0 Å². The molecule has 0 radical (unpaired) electrons. The number of allylic oxidation sites excluding steroid dienone is 1. The normalized spacial score (nSPS) is 11.6. The molecule has 0 saturated carbocycles. The molecule has 2 heteroatoms. The molecule has 0 aliphatic rings. The Morgan fingerprint density at radius 1 is 1.40 bits per heavy atom. The van der Waals surface area contributed by atoms with E-state index in [0.29, 0.717) is 6.10 Å². The molecule has 0 aliphatic carbocycles. The first-order valence-corrected chi connectivity index (χ1v) is 4.72. The van der Waals surface area contributed by atoms with Crippen LogP contribution in [0, 0.1) is 0 Å². The molecule has 10 heavy (non-hydrogen) atoms. The third-order valence-electron chi connectivity index (χ3n) is 0.968. The van der Waals surface area contributed by atoms with Crippen LogP contribution in [0.25, 0.3) is 0 Å². The summed E-state index contributed by atoms with van der Waals surface area (Å²) in [5.74, 6) is 0. The Balaban J connectivity index is 3.02. The van der Waals surface area contributed by atoms with E-state index in [1.54, 1.807) is 0 Å². The SMILES string of the molecule is CC(C)OCC=CCCBr. The third-order valence-corrected chi connectivity index (χ3v) is 1.43. The Labute approximate surface area is 71.6 Å². The van der Waals surface area contributed by atoms with Crippen LogP contribution in [0.1, 0.15) is 20.3 Å². The van der Waals surface area contributed by atoms with Gasteiger partial charge in [0.25, 0.3) is 0 Å². The van der Waals surface area contributed by atoms with Gasteiger partial charge in [-0.15, -0.1) is 0 Å². The summed E-state index contributed by atoms with van der Waals surface area (Å²) in [5.41, 5.74) is 0. The number of alkyl halides is 1. The molecular formula is C8H15BrO. The van der Waals surface area contributed by atoms with Crippen molar-refractivity contribution in [3.63, 3.8) is 0 Å². The number of ether oxygens (including phenoxy) is 1. The van der Waals surface area contributed by atoms with Gasteiger partial charge in [-0.25, -0.2) is 0 Å². The molecule has 0 spiro atoms. The van der Waals surface area contributed by atoms with E-state index in [9.17, 15) is 0 Å². The lowest BCUT2D eigenvalue weighted by atomic mass is 10.4. The highest BCUT2D eigenvalue weighted by atomic mass is 79.9. The number of hydrogen-bond donors (Lipinski definition) is 0. The molecule has 1 nitrogen and oxygen atoms in total. The number of hydrogen-bond acceptors (Lipinski definition) is 1. The quantitative estimate of drug-likeness (QED) is 0.497. The van der Waals surface area contributed by atoms with E-state index >= 15 is 0 Å². The highest BCUT2D eigenvalue weighted by Crippen LogP contribution is 1.91. The van der Waals surface area contributed by atoms with Crippen molar-refractivity contribution in [3.05, 3.63) is 12.2 Å². The number of rotatable bonds is 5. The molecule has 0 amide bonds. The van der Waals surface area contributed by atoms with E-state index in [2.05, 4.69) is 28.1 Å². The Hall–Kier alpha value is 0.180. The van der Waals surface area contributed by atoms with Crippen LogP contribution < -0.4 is 0 Å². The van der Waals surface area contributed by atoms with Gasteiger partial charge in [-0.2, -0.15) is 0 Å². The second kappa shape index (κ2) is 7.29. The third kappa shape index (κ3) is 8.18. The van der Waals surface area contributed by atoms with E-state index in [4.69, 9.17) is 4.74 Å². The van der Waals surface area contributed by atoms with Gasteiger partial charge >= 0.3 is 0 Å². The molecule has 0 unspecified atom stereocenters. The highest BCUT2D eigenvalue weighted by molar-refractivity contribution is 9.09. The molecule has 60 valence electrons.